The Kier molecular flexibility index (Phi) is 5.25. The van der Waals surface area contributed by atoms with E-state index in [0.29, 0.717) is 24.7 Å². The first-order valence-electron chi connectivity index (χ1n) is 6.65. The van der Waals surface area contributed by atoms with E-state index in [1.165, 1.54) is 6.07 Å². The van der Waals surface area contributed by atoms with Crippen LogP contribution in [0.25, 0.3) is 0 Å². The Morgan fingerprint density at radius 1 is 1.45 bits per heavy atom. The van der Waals surface area contributed by atoms with Gasteiger partial charge in [-0.1, -0.05) is 0 Å². The van der Waals surface area contributed by atoms with Crippen LogP contribution in [0.15, 0.2) is 12.1 Å². The third-order valence-electron chi connectivity index (χ3n) is 2.99. The van der Waals surface area contributed by atoms with Crippen molar-refractivity contribution in [2.45, 2.75) is 32.5 Å². The Balaban J connectivity index is 1.74. The molecule has 1 aromatic heterocycles. The van der Waals surface area contributed by atoms with Gasteiger partial charge < -0.3 is 24.3 Å². The molecule has 7 nitrogen and oxygen atoms in total. The Morgan fingerprint density at radius 2 is 2.30 bits per heavy atom. The van der Waals surface area contributed by atoms with Crippen molar-refractivity contribution >= 4 is 5.82 Å². The Labute approximate surface area is 117 Å². The molecule has 0 aliphatic carbocycles. The van der Waals surface area contributed by atoms with Gasteiger partial charge >= 0.3 is 5.82 Å². The molecule has 1 aliphatic rings. The van der Waals surface area contributed by atoms with Crippen molar-refractivity contribution < 1.29 is 19.1 Å². The lowest BCUT2D eigenvalue weighted by Gasteiger charge is -2.22. The topological polar surface area (TPSA) is 83.7 Å². The number of nitro groups is 1. The highest BCUT2D eigenvalue weighted by atomic mass is 16.7. The van der Waals surface area contributed by atoms with Crippen LogP contribution in [0.1, 0.15) is 25.0 Å². The van der Waals surface area contributed by atoms with Gasteiger partial charge in [0.05, 0.1) is 6.61 Å². The average molecular weight is 282 g/mol. The average Bonchev–Trinajstić information content (AvgIpc) is 2.46. The van der Waals surface area contributed by atoms with Gasteiger partial charge in [-0.15, -0.1) is 0 Å². The van der Waals surface area contributed by atoms with Crippen molar-refractivity contribution in [2.24, 2.45) is 0 Å². The maximum absolute atomic E-state index is 10.6. The highest BCUT2D eigenvalue weighted by Crippen LogP contribution is 2.19. The molecule has 1 aromatic rings. The third kappa shape index (κ3) is 4.14. The molecule has 0 bridgehead atoms. The highest BCUT2D eigenvalue weighted by molar-refractivity contribution is 5.33. The van der Waals surface area contributed by atoms with Crippen LogP contribution in [0.3, 0.4) is 0 Å². The minimum Gasteiger partial charge on any atom is -0.487 e. The van der Waals surface area contributed by atoms with Gasteiger partial charge in [0.2, 0.25) is 0 Å². The van der Waals surface area contributed by atoms with Gasteiger partial charge in [0.15, 0.2) is 17.7 Å². The molecule has 7 heteroatoms. The monoisotopic (exact) mass is 282 g/mol. The number of aryl methyl sites for hydroxylation is 1. The molecule has 0 spiro atoms. The molecular formula is C13H18N2O5. The van der Waals surface area contributed by atoms with Crippen LogP contribution >= 0.6 is 0 Å². The lowest BCUT2D eigenvalue weighted by molar-refractivity contribution is -0.389. The molecule has 0 amide bonds. The molecule has 0 saturated carbocycles. The summed E-state index contributed by atoms with van der Waals surface area (Å²) in [5, 5.41) is 10.6. The van der Waals surface area contributed by atoms with E-state index in [1.54, 1.807) is 13.0 Å². The van der Waals surface area contributed by atoms with E-state index in [1.807, 2.05) is 0 Å². The summed E-state index contributed by atoms with van der Waals surface area (Å²) in [5.41, 5.74) is 0.494. The normalized spacial score (nSPS) is 18.8. The zero-order chi connectivity index (χ0) is 14.4. The van der Waals surface area contributed by atoms with E-state index in [4.69, 9.17) is 14.2 Å². The molecule has 2 rings (SSSR count). The van der Waals surface area contributed by atoms with Crippen LogP contribution in [0.2, 0.25) is 0 Å². The lowest BCUT2D eigenvalue weighted by Crippen LogP contribution is -2.24. The molecular weight excluding hydrogens is 264 g/mol. The van der Waals surface area contributed by atoms with Gasteiger partial charge in [-0.2, -0.15) is 0 Å². The fraction of sp³-hybridized carbons (Fsp3) is 0.615. The predicted molar refractivity (Wildman–Crippen MR) is 70.7 cm³/mol. The number of rotatable bonds is 6. The Hall–Kier alpha value is -1.73. The molecule has 1 aliphatic heterocycles. The number of hydrogen-bond donors (Lipinski definition) is 0. The fourth-order valence-corrected chi connectivity index (χ4v) is 1.96. The standard InChI is InChI=1S/C13H18N2O5/c1-10-11(5-6-12(14-10)15(16)17)18-8-9-20-13-4-2-3-7-19-13/h5-6,13H,2-4,7-9H2,1H3. The number of aromatic nitrogens is 1. The van der Waals surface area contributed by atoms with E-state index in [2.05, 4.69) is 4.98 Å². The summed E-state index contributed by atoms with van der Waals surface area (Å²) in [6.45, 7) is 3.20. The molecule has 110 valence electrons. The molecule has 1 unspecified atom stereocenters. The quantitative estimate of drug-likeness (QED) is 0.452. The van der Waals surface area contributed by atoms with Crippen molar-refractivity contribution in [3.63, 3.8) is 0 Å². The summed E-state index contributed by atoms with van der Waals surface area (Å²) in [6.07, 6.45) is 2.99. The molecule has 1 saturated heterocycles. The summed E-state index contributed by atoms with van der Waals surface area (Å²) in [5.74, 6) is 0.352. The first-order valence-corrected chi connectivity index (χ1v) is 6.65. The predicted octanol–water partition coefficient (Wildman–Crippen LogP) is 2.22. The second-order valence-electron chi connectivity index (χ2n) is 4.53. The van der Waals surface area contributed by atoms with Crippen LogP contribution in [0.5, 0.6) is 5.75 Å². The van der Waals surface area contributed by atoms with E-state index in [-0.39, 0.29) is 12.1 Å². The largest absolute Gasteiger partial charge is 0.487 e. The number of ether oxygens (including phenoxy) is 3. The summed E-state index contributed by atoms with van der Waals surface area (Å²) in [7, 11) is 0. The molecule has 0 N–H and O–H groups in total. The lowest BCUT2D eigenvalue weighted by atomic mass is 10.2. The van der Waals surface area contributed by atoms with Gasteiger partial charge in [-0.05, 0) is 35.2 Å². The maximum atomic E-state index is 10.6. The molecule has 1 fully saturated rings. The maximum Gasteiger partial charge on any atom is 0.363 e. The van der Waals surface area contributed by atoms with Crippen LogP contribution < -0.4 is 4.74 Å². The summed E-state index contributed by atoms with van der Waals surface area (Å²) in [6, 6.07) is 2.88. The van der Waals surface area contributed by atoms with Crippen LogP contribution in [0, 0.1) is 17.0 Å². The highest BCUT2D eigenvalue weighted by Gasteiger charge is 2.15. The van der Waals surface area contributed by atoms with E-state index in [9.17, 15) is 10.1 Å². The molecule has 1 atom stereocenters. The summed E-state index contributed by atoms with van der Waals surface area (Å²) < 4.78 is 16.5. The molecule has 0 aromatic carbocycles. The van der Waals surface area contributed by atoms with Gasteiger partial charge in [0.25, 0.3) is 0 Å². The first kappa shape index (κ1) is 14.7. The zero-order valence-corrected chi connectivity index (χ0v) is 11.4. The van der Waals surface area contributed by atoms with Crippen LogP contribution in [-0.4, -0.2) is 36.0 Å². The fourth-order valence-electron chi connectivity index (χ4n) is 1.96. The van der Waals surface area contributed by atoms with E-state index in [0.717, 1.165) is 25.9 Å². The SMILES string of the molecule is Cc1nc([N+](=O)[O-])ccc1OCCOC1CCCCO1. The zero-order valence-electron chi connectivity index (χ0n) is 11.4. The van der Waals surface area contributed by atoms with Crippen LogP contribution in [0.4, 0.5) is 5.82 Å². The Morgan fingerprint density at radius 3 is 2.95 bits per heavy atom. The van der Waals surface area contributed by atoms with Crippen molar-refractivity contribution in [3.8, 4) is 5.75 Å². The van der Waals surface area contributed by atoms with Gasteiger partial charge in [-0.25, -0.2) is 0 Å². The van der Waals surface area contributed by atoms with Crippen molar-refractivity contribution in [2.75, 3.05) is 19.8 Å². The molecule has 0 radical (unpaired) electrons. The minimum absolute atomic E-state index is 0.136. The molecule has 20 heavy (non-hydrogen) atoms. The number of pyridine rings is 1. The smallest absolute Gasteiger partial charge is 0.363 e. The summed E-state index contributed by atoms with van der Waals surface area (Å²) >= 11 is 0. The third-order valence-corrected chi connectivity index (χ3v) is 2.99. The van der Waals surface area contributed by atoms with Gasteiger partial charge in [0.1, 0.15) is 6.61 Å². The molecule has 2 heterocycles. The van der Waals surface area contributed by atoms with Crippen molar-refractivity contribution in [1.29, 1.82) is 0 Å². The van der Waals surface area contributed by atoms with Crippen molar-refractivity contribution in [1.82, 2.24) is 4.98 Å². The van der Waals surface area contributed by atoms with Crippen molar-refractivity contribution in [3.05, 3.63) is 27.9 Å². The van der Waals surface area contributed by atoms with E-state index >= 15 is 0 Å². The number of hydrogen-bond acceptors (Lipinski definition) is 6. The van der Waals surface area contributed by atoms with Crippen LogP contribution in [-0.2, 0) is 9.47 Å². The first-order chi connectivity index (χ1) is 9.66. The summed E-state index contributed by atoms with van der Waals surface area (Å²) in [4.78, 5) is 13.9. The van der Waals surface area contributed by atoms with E-state index < -0.39 is 4.92 Å². The van der Waals surface area contributed by atoms with Gasteiger partial charge in [-0.3, -0.25) is 0 Å². The second kappa shape index (κ2) is 7.16. The second-order valence-corrected chi connectivity index (χ2v) is 4.53. The Bertz CT molecular complexity index is 460. The minimum atomic E-state index is -0.527. The van der Waals surface area contributed by atoms with Gasteiger partial charge in [0, 0.05) is 19.6 Å². The number of nitrogens with zero attached hydrogens (tertiary/aromatic N) is 2.